The number of hydrogen-bond donors (Lipinski definition) is 0. The maximum absolute atomic E-state index is 12.4. The summed E-state index contributed by atoms with van der Waals surface area (Å²) in [5.41, 5.74) is -0.991. The van der Waals surface area contributed by atoms with Crippen LogP contribution in [-0.4, -0.2) is 9.55 Å². The Kier molecular flexibility index (Phi) is 1.67. The number of nitrogens with zero attached hydrogens (tertiary/aromatic N) is 2. The van der Waals surface area contributed by atoms with E-state index in [-0.39, 0.29) is 11.2 Å². The van der Waals surface area contributed by atoms with Crippen LogP contribution in [-0.2, 0) is 6.18 Å². The lowest BCUT2D eigenvalue weighted by Crippen LogP contribution is -2.03. The Balaban J connectivity index is 2.77. The first kappa shape index (κ1) is 8.86. The van der Waals surface area contributed by atoms with Crippen molar-refractivity contribution in [2.24, 2.45) is 0 Å². The van der Waals surface area contributed by atoms with E-state index in [1.54, 1.807) is 0 Å². The molecule has 0 aliphatic carbocycles. The first-order valence-electron chi connectivity index (χ1n) is 3.68. The molecule has 0 amide bonds. The molecule has 0 saturated heterocycles. The lowest BCUT2D eigenvalue weighted by atomic mass is 10.3. The van der Waals surface area contributed by atoms with Gasteiger partial charge in [-0.05, 0) is 0 Å². The molecule has 0 aromatic carbocycles. The summed E-state index contributed by atoms with van der Waals surface area (Å²) in [6.45, 7) is 3.37. The molecule has 3 nitrogen and oxygen atoms in total. The van der Waals surface area contributed by atoms with Crippen molar-refractivity contribution in [1.82, 2.24) is 9.55 Å². The van der Waals surface area contributed by atoms with Crippen LogP contribution in [0.4, 0.5) is 13.2 Å². The molecule has 0 aliphatic rings. The molecule has 2 aromatic heterocycles. The Labute approximate surface area is 76.4 Å². The van der Waals surface area contributed by atoms with Crippen molar-refractivity contribution in [3.05, 3.63) is 24.7 Å². The first-order valence-corrected chi connectivity index (χ1v) is 3.68. The second-order valence-electron chi connectivity index (χ2n) is 2.64. The quantitative estimate of drug-likeness (QED) is 0.711. The Morgan fingerprint density at radius 1 is 1.50 bits per heavy atom. The highest BCUT2D eigenvalue weighted by molar-refractivity contribution is 5.76. The van der Waals surface area contributed by atoms with Gasteiger partial charge in [0.1, 0.15) is 5.56 Å². The van der Waals surface area contributed by atoms with Gasteiger partial charge in [0.15, 0.2) is 17.6 Å². The van der Waals surface area contributed by atoms with Gasteiger partial charge < -0.3 is 8.98 Å². The first-order chi connectivity index (χ1) is 6.54. The zero-order chi connectivity index (χ0) is 10.3. The fraction of sp³-hybridized carbons (Fsp3) is 0.125. The number of halogens is 3. The third kappa shape index (κ3) is 1.11. The van der Waals surface area contributed by atoms with Gasteiger partial charge in [-0.1, -0.05) is 6.58 Å². The van der Waals surface area contributed by atoms with Gasteiger partial charge in [0.2, 0.25) is 0 Å². The van der Waals surface area contributed by atoms with Gasteiger partial charge in [-0.2, -0.15) is 18.2 Å². The topological polar surface area (TPSA) is 31.0 Å². The molecule has 2 heterocycles. The van der Waals surface area contributed by atoms with Crippen LogP contribution >= 0.6 is 0 Å². The van der Waals surface area contributed by atoms with E-state index >= 15 is 0 Å². The van der Waals surface area contributed by atoms with Crippen molar-refractivity contribution in [1.29, 1.82) is 0 Å². The van der Waals surface area contributed by atoms with Gasteiger partial charge in [0.05, 0.1) is 0 Å². The lowest BCUT2D eigenvalue weighted by Gasteiger charge is -2.00. The van der Waals surface area contributed by atoms with Crippen LogP contribution in [0.15, 0.2) is 23.6 Å². The average molecular weight is 202 g/mol. The second kappa shape index (κ2) is 2.63. The van der Waals surface area contributed by atoms with Crippen LogP contribution in [0.2, 0.25) is 0 Å². The summed E-state index contributed by atoms with van der Waals surface area (Å²) in [7, 11) is 0. The number of oxazole rings is 1. The fourth-order valence-corrected chi connectivity index (χ4v) is 1.21. The standard InChI is InChI=1S/C8H5F3N2O/c1-2-13-3-5(8(9,10)11)6-7(13)12-4-14-6/h2-4H,1H2. The highest BCUT2D eigenvalue weighted by Gasteiger charge is 2.36. The molecular weight excluding hydrogens is 197 g/mol. The van der Waals surface area contributed by atoms with E-state index in [0.717, 1.165) is 12.6 Å². The van der Waals surface area contributed by atoms with Crippen LogP contribution < -0.4 is 0 Å². The molecule has 74 valence electrons. The summed E-state index contributed by atoms with van der Waals surface area (Å²) in [6, 6.07) is 0. The molecule has 6 heteroatoms. The zero-order valence-corrected chi connectivity index (χ0v) is 6.88. The molecule has 0 spiro atoms. The van der Waals surface area contributed by atoms with Gasteiger partial charge in [0.25, 0.3) is 0 Å². The summed E-state index contributed by atoms with van der Waals surface area (Å²) in [5.74, 6) is 0. The highest BCUT2D eigenvalue weighted by atomic mass is 19.4. The number of hydrogen-bond acceptors (Lipinski definition) is 2. The SMILES string of the molecule is C=Cn1cc(C(F)(F)F)c2ocnc21. The minimum absolute atomic E-state index is 0.118. The number of rotatable bonds is 1. The van der Waals surface area contributed by atoms with E-state index < -0.39 is 11.7 Å². The Morgan fingerprint density at radius 3 is 2.79 bits per heavy atom. The van der Waals surface area contributed by atoms with Gasteiger partial charge >= 0.3 is 6.18 Å². The number of aromatic nitrogens is 2. The van der Waals surface area contributed by atoms with Gasteiger partial charge in [-0.25, -0.2) is 0 Å². The minimum atomic E-state index is -4.44. The molecule has 0 atom stereocenters. The summed E-state index contributed by atoms with van der Waals surface area (Å²) in [6.07, 6.45) is -1.33. The maximum atomic E-state index is 12.4. The van der Waals surface area contributed by atoms with Crippen molar-refractivity contribution in [2.45, 2.75) is 6.18 Å². The van der Waals surface area contributed by atoms with E-state index in [1.807, 2.05) is 0 Å². The monoisotopic (exact) mass is 202 g/mol. The highest BCUT2D eigenvalue weighted by Crippen LogP contribution is 2.35. The van der Waals surface area contributed by atoms with Crippen molar-refractivity contribution in [2.75, 3.05) is 0 Å². The van der Waals surface area contributed by atoms with E-state index in [0.29, 0.717) is 0 Å². The minimum Gasteiger partial charge on any atom is -0.441 e. The number of alkyl halides is 3. The largest absolute Gasteiger partial charge is 0.441 e. The molecule has 2 aromatic rings. The van der Waals surface area contributed by atoms with E-state index in [4.69, 9.17) is 0 Å². The molecule has 0 N–H and O–H groups in total. The summed E-state index contributed by atoms with van der Waals surface area (Å²) >= 11 is 0. The third-order valence-electron chi connectivity index (χ3n) is 1.81. The van der Waals surface area contributed by atoms with Gasteiger partial charge in [-0.15, -0.1) is 0 Å². The van der Waals surface area contributed by atoms with Gasteiger partial charge in [-0.3, -0.25) is 0 Å². The fourth-order valence-electron chi connectivity index (χ4n) is 1.21. The molecule has 0 unspecified atom stereocenters. The third-order valence-corrected chi connectivity index (χ3v) is 1.81. The molecular formula is C8H5F3N2O. The van der Waals surface area contributed by atoms with Crippen LogP contribution in [0.5, 0.6) is 0 Å². The van der Waals surface area contributed by atoms with Gasteiger partial charge in [0, 0.05) is 12.4 Å². The van der Waals surface area contributed by atoms with E-state index in [1.165, 1.54) is 10.8 Å². The lowest BCUT2D eigenvalue weighted by molar-refractivity contribution is -0.136. The van der Waals surface area contributed by atoms with Crippen molar-refractivity contribution >= 4 is 17.4 Å². The Hall–Kier alpha value is -1.72. The van der Waals surface area contributed by atoms with Crippen molar-refractivity contribution < 1.29 is 17.6 Å². The molecule has 0 fully saturated rings. The molecule has 2 rings (SSSR count). The molecule has 0 radical (unpaired) electrons. The van der Waals surface area contributed by atoms with Crippen LogP contribution in [0.3, 0.4) is 0 Å². The average Bonchev–Trinajstić information content (AvgIpc) is 2.59. The molecule has 0 saturated carbocycles. The van der Waals surface area contributed by atoms with Crippen LogP contribution in [0, 0.1) is 0 Å². The predicted molar refractivity (Wildman–Crippen MR) is 43.4 cm³/mol. The maximum Gasteiger partial charge on any atom is 0.421 e. The van der Waals surface area contributed by atoms with Crippen molar-refractivity contribution in [3.8, 4) is 0 Å². The predicted octanol–water partition coefficient (Wildman–Crippen LogP) is 2.75. The van der Waals surface area contributed by atoms with Crippen LogP contribution in [0.25, 0.3) is 17.4 Å². The van der Waals surface area contributed by atoms with E-state index in [2.05, 4.69) is 16.0 Å². The number of fused-ring (bicyclic) bond motifs is 1. The summed E-state index contributed by atoms with van der Waals surface area (Å²) < 4.78 is 43.1. The van der Waals surface area contributed by atoms with Crippen LogP contribution in [0.1, 0.15) is 5.56 Å². The Morgan fingerprint density at radius 2 is 2.21 bits per heavy atom. The normalized spacial score (nSPS) is 12.2. The van der Waals surface area contributed by atoms with E-state index in [9.17, 15) is 13.2 Å². The van der Waals surface area contributed by atoms with Crippen molar-refractivity contribution in [3.63, 3.8) is 0 Å². The summed E-state index contributed by atoms with van der Waals surface area (Å²) in [5, 5.41) is 0. The second-order valence-corrected chi connectivity index (χ2v) is 2.64. The molecule has 0 bridgehead atoms. The zero-order valence-electron chi connectivity index (χ0n) is 6.88. The Bertz CT molecular complexity index is 480. The molecule has 14 heavy (non-hydrogen) atoms. The summed E-state index contributed by atoms with van der Waals surface area (Å²) in [4.78, 5) is 3.65. The molecule has 0 aliphatic heterocycles. The smallest absolute Gasteiger partial charge is 0.421 e.